The number of hydrogen-bond donors (Lipinski definition) is 1. The summed E-state index contributed by atoms with van der Waals surface area (Å²) in [4.78, 5) is 19.6. The SMILES string of the molecule is CC(C(=O)Nc1nccc(Cl)n1)n1cccn1. The quantitative estimate of drug-likeness (QED) is 0.840. The molecule has 6 nitrogen and oxygen atoms in total. The first-order valence-electron chi connectivity index (χ1n) is 4.95. The Hall–Kier alpha value is -1.95. The minimum atomic E-state index is -0.437. The molecule has 0 saturated carbocycles. The van der Waals surface area contributed by atoms with Crippen molar-refractivity contribution in [3.05, 3.63) is 35.9 Å². The third kappa shape index (κ3) is 2.79. The van der Waals surface area contributed by atoms with Crippen LogP contribution in [0.4, 0.5) is 5.95 Å². The van der Waals surface area contributed by atoms with Gasteiger partial charge in [-0.2, -0.15) is 5.10 Å². The maximum Gasteiger partial charge on any atom is 0.251 e. The molecular formula is C10H10ClN5O. The molecule has 88 valence electrons. The van der Waals surface area contributed by atoms with Crippen molar-refractivity contribution in [3.63, 3.8) is 0 Å². The second-order valence-electron chi connectivity index (χ2n) is 3.35. The fourth-order valence-corrected chi connectivity index (χ4v) is 1.38. The summed E-state index contributed by atoms with van der Waals surface area (Å²) in [7, 11) is 0. The Kier molecular flexibility index (Phi) is 3.34. The van der Waals surface area contributed by atoms with Gasteiger partial charge in [-0.25, -0.2) is 9.97 Å². The van der Waals surface area contributed by atoms with Gasteiger partial charge in [0.05, 0.1) is 0 Å². The van der Waals surface area contributed by atoms with Gasteiger partial charge in [0.2, 0.25) is 5.95 Å². The van der Waals surface area contributed by atoms with Gasteiger partial charge in [0.15, 0.2) is 0 Å². The van der Waals surface area contributed by atoms with E-state index in [0.717, 1.165) is 0 Å². The summed E-state index contributed by atoms with van der Waals surface area (Å²) in [5, 5.41) is 6.83. The van der Waals surface area contributed by atoms with Crippen LogP contribution in [0.25, 0.3) is 0 Å². The Balaban J connectivity index is 2.07. The van der Waals surface area contributed by atoms with Gasteiger partial charge in [-0.15, -0.1) is 0 Å². The number of carbonyl (C=O) groups is 1. The van der Waals surface area contributed by atoms with Crippen LogP contribution in [0.15, 0.2) is 30.7 Å². The van der Waals surface area contributed by atoms with E-state index in [1.165, 1.54) is 12.3 Å². The Morgan fingerprint density at radius 3 is 3.00 bits per heavy atom. The standard InChI is InChI=1S/C10H10ClN5O/c1-7(16-6-2-4-13-16)9(17)15-10-12-5-3-8(11)14-10/h2-7H,1H3,(H,12,14,15,17). The third-order valence-corrected chi connectivity index (χ3v) is 2.37. The number of aromatic nitrogens is 4. The lowest BCUT2D eigenvalue weighted by Gasteiger charge is -2.11. The van der Waals surface area contributed by atoms with Crippen LogP contribution in [0.1, 0.15) is 13.0 Å². The minimum Gasteiger partial charge on any atom is -0.293 e. The molecule has 0 aliphatic rings. The monoisotopic (exact) mass is 251 g/mol. The third-order valence-electron chi connectivity index (χ3n) is 2.16. The predicted octanol–water partition coefficient (Wildman–Crippen LogP) is 1.53. The number of halogens is 1. The van der Waals surface area contributed by atoms with Crippen LogP contribution >= 0.6 is 11.6 Å². The van der Waals surface area contributed by atoms with Crippen molar-refractivity contribution in [1.29, 1.82) is 0 Å². The van der Waals surface area contributed by atoms with E-state index in [1.54, 1.807) is 30.1 Å². The number of hydrogen-bond acceptors (Lipinski definition) is 4. The van der Waals surface area contributed by atoms with E-state index in [4.69, 9.17) is 11.6 Å². The number of rotatable bonds is 3. The van der Waals surface area contributed by atoms with Crippen LogP contribution < -0.4 is 5.32 Å². The molecule has 1 amide bonds. The normalized spacial score (nSPS) is 12.1. The van der Waals surface area contributed by atoms with Crippen LogP contribution in [0.2, 0.25) is 5.15 Å². The average Bonchev–Trinajstić information content (AvgIpc) is 2.81. The molecule has 1 atom stereocenters. The molecule has 1 unspecified atom stereocenters. The van der Waals surface area contributed by atoms with Gasteiger partial charge >= 0.3 is 0 Å². The highest BCUT2D eigenvalue weighted by Gasteiger charge is 2.15. The predicted molar refractivity (Wildman–Crippen MR) is 62.6 cm³/mol. The fourth-order valence-electron chi connectivity index (χ4n) is 1.24. The van der Waals surface area contributed by atoms with Gasteiger partial charge in [0.1, 0.15) is 11.2 Å². The average molecular weight is 252 g/mol. The smallest absolute Gasteiger partial charge is 0.251 e. The Morgan fingerprint density at radius 2 is 2.35 bits per heavy atom. The van der Waals surface area contributed by atoms with Crippen molar-refractivity contribution in [1.82, 2.24) is 19.7 Å². The maximum absolute atomic E-state index is 11.8. The molecule has 2 rings (SSSR count). The molecule has 2 aromatic rings. The summed E-state index contributed by atoms with van der Waals surface area (Å²) < 4.78 is 1.54. The molecule has 0 aromatic carbocycles. The molecule has 0 radical (unpaired) electrons. The van der Waals surface area contributed by atoms with Gasteiger partial charge in [-0.3, -0.25) is 14.8 Å². The lowest BCUT2D eigenvalue weighted by molar-refractivity contribution is -0.119. The largest absolute Gasteiger partial charge is 0.293 e. The Morgan fingerprint density at radius 1 is 1.53 bits per heavy atom. The van der Waals surface area contributed by atoms with E-state index in [-0.39, 0.29) is 17.0 Å². The highest BCUT2D eigenvalue weighted by Crippen LogP contribution is 2.09. The van der Waals surface area contributed by atoms with E-state index in [2.05, 4.69) is 20.4 Å². The van der Waals surface area contributed by atoms with Crippen LogP contribution in [-0.4, -0.2) is 25.7 Å². The van der Waals surface area contributed by atoms with Crippen LogP contribution in [0.5, 0.6) is 0 Å². The van der Waals surface area contributed by atoms with Crippen LogP contribution in [-0.2, 0) is 4.79 Å². The van der Waals surface area contributed by atoms with Crippen molar-refractivity contribution >= 4 is 23.5 Å². The molecule has 2 aromatic heterocycles. The zero-order chi connectivity index (χ0) is 12.3. The van der Waals surface area contributed by atoms with Crippen molar-refractivity contribution in [2.45, 2.75) is 13.0 Å². The number of anilines is 1. The molecule has 0 fully saturated rings. The van der Waals surface area contributed by atoms with Crippen molar-refractivity contribution in [3.8, 4) is 0 Å². The molecule has 0 saturated heterocycles. The van der Waals surface area contributed by atoms with E-state index >= 15 is 0 Å². The molecule has 1 N–H and O–H groups in total. The summed E-state index contributed by atoms with van der Waals surface area (Å²) in [5.74, 6) is -0.0718. The van der Waals surface area contributed by atoms with Crippen LogP contribution in [0.3, 0.4) is 0 Å². The second-order valence-corrected chi connectivity index (χ2v) is 3.74. The van der Waals surface area contributed by atoms with E-state index < -0.39 is 6.04 Å². The van der Waals surface area contributed by atoms with Gasteiger partial charge in [-0.1, -0.05) is 11.6 Å². The molecule has 17 heavy (non-hydrogen) atoms. The molecule has 0 aliphatic heterocycles. The lowest BCUT2D eigenvalue weighted by Crippen LogP contribution is -2.24. The zero-order valence-electron chi connectivity index (χ0n) is 9.04. The molecule has 7 heteroatoms. The number of nitrogens with one attached hydrogen (secondary N) is 1. The molecule has 2 heterocycles. The van der Waals surface area contributed by atoms with Gasteiger partial charge < -0.3 is 0 Å². The minimum absolute atomic E-state index is 0.182. The van der Waals surface area contributed by atoms with Crippen LogP contribution in [0, 0.1) is 0 Å². The van der Waals surface area contributed by atoms with E-state index in [9.17, 15) is 4.79 Å². The summed E-state index contributed by atoms with van der Waals surface area (Å²) in [5.41, 5.74) is 0. The number of amides is 1. The van der Waals surface area contributed by atoms with E-state index in [0.29, 0.717) is 0 Å². The van der Waals surface area contributed by atoms with Crippen molar-refractivity contribution in [2.24, 2.45) is 0 Å². The molecule has 0 bridgehead atoms. The first kappa shape index (κ1) is 11.5. The fraction of sp³-hybridized carbons (Fsp3) is 0.200. The maximum atomic E-state index is 11.8. The second kappa shape index (κ2) is 4.92. The van der Waals surface area contributed by atoms with Crippen molar-refractivity contribution < 1.29 is 4.79 Å². The Labute approximate surface area is 103 Å². The zero-order valence-corrected chi connectivity index (χ0v) is 9.80. The highest BCUT2D eigenvalue weighted by atomic mass is 35.5. The number of nitrogens with zero attached hydrogens (tertiary/aromatic N) is 4. The highest BCUT2D eigenvalue weighted by molar-refractivity contribution is 6.29. The summed E-state index contributed by atoms with van der Waals surface area (Å²) in [6.07, 6.45) is 4.80. The Bertz CT molecular complexity index is 513. The first-order valence-corrected chi connectivity index (χ1v) is 5.33. The molecule has 0 aliphatic carbocycles. The van der Waals surface area contributed by atoms with Gasteiger partial charge in [-0.05, 0) is 19.1 Å². The van der Waals surface area contributed by atoms with Gasteiger partial charge in [0.25, 0.3) is 5.91 Å². The first-order chi connectivity index (χ1) is 8.16. The molecule has 0 spiro atoms. The van der Waals surface area contributed by atoms with Crippen molar-refractivity contribution in [2.75, 3.05) is 5.32 Å². The summed E-state index contributed by atoms with van der Waals surface area (Å²) in [6, 6.07) is 2.85. The van der Waals surface area contributed by atoms with E-state index in [1.807, 2.05) is 0 Å². The topological polar surface area (TPSA) is 72.7 Å². The summed E-state index contributed by atoms with van der Waals surface area (Å²) in [6.45, 7) is 1.73. The van der Waals surface area contributed by atoms with Gasteiger partial charge in [0, 0.05) is 18.6 Å². The summed E-state index contributed by atoms with van der Waals surface area (Å²) >= 11 is 5.69. The lowest BCUT2D eigenvalue weighted by atomic mass is 10.3. The molecular weight excluding hydrogens is 242 g/mol. The number of carbonyl (C=O) groups excluding carboxylic acids is 1.